The lowest BCUT2D eigenvalue weighted by molar-refractivity contribution is -0.120. The van der Waals surface area contributed by atoms with Gasteiger partial charge in [0.15, 0.2) is 0 Å². The predicted octanol–water partition coefficient (Wildman–Crippen LogP) is 2.40. The van der Waals surface area contributed by atoms with E-state index in [0.717, 1.165) is 25.1 Å². The maximum Gasteiger partial charge on any atom is 0.262 e. The zero-order valence-electron chi connectivity index (χ0n) is 14.9. The summed E-state index contributed by atoms with van der Waals surface area (Å²) in [4.78, 5) is 30.9. The first-order chi connectivity index (χ1) is 11.3. The van der Waals surface area contributed by atoms with Crippen LogP contribution in [-0.2, 0) is 16.8 Å². The standard InChI is InChI=1S/C19H25N3O2/c1-13(23)14-5-7-21(11-14)12-15-10-20-17-9-16(19(2,3)4)6-8-22(17)18(15)24/h6,8-10,14H,5,7,11-12H2,1-4H3. The molecule has 3 heterocycles. The molecule has 1 fully saturated rings. The third-order valence-electron chi connectivity index (χ3n) is 4.89. The number of aromatic nitrogens is 2. The van der Waals surface area contributed by atoms with Crippen LogP contribution in [0.2, 0.25) is 0 Å². The fourth-order valence-electron chi connectivity index (χ4n) is 3.24. The van der Waals surface area contributed by atoms with Crippen molar-refractivity contribution in [2.75, 3.05) is 13.1 Å². The minimum atomic E-state index is -0.0215. The molecule has 0 radical (unpaired) electrons. The van der Waals surface area contributed by atoms with Gasteiger partial charge in [-0.15, -0.1) is 0 Å². The molecule has 0 bridgehead atoms. The fraction of sp³-hybridized carbons (Fsp3) is 0.526. The van der Waals surface area contributed by atoms with Gasteiger partial charge in [-0.25, -0.2) is 4.98 Å². The molecule has 2 aromatic heterocycles. The summed E-state index contributed by atoms with van der Waals surface area (Å²) in [6, 6.07) is 3.97. The molecule has 5 heteroatoms. The Morgan fingerprint density at radius 2 is 2.12 bits per heavy atom. The molecule has 1 aliphatic heterocycles. The maximum absolute atomic E-state index is 12.7. The number of likely N-dealkylation sites (tertiary alicyclic amines) is 1. The summed E-state index contributed by atoms with van der Waals surface area (Å²) in [6.07, 6.45) is 4.38. The summed E-state index contributed by atoms with van der Waals surface area (Å²) >= 11 is 0. The summed E-state index contributed by atoms with van der Waals surface area (Å²) in [5, 5.41) is 0. The number of hydrogen-bond acceptors (Lipinski definition) is 4. The zero-order chi connectivity index (χ0) is 17.5. The number of pyridine rings is 1. The number of Topliss-reactive ketones (excluding diaryl/α,β-unsaturated/α-hetero) is 1. The predicted molar refractivity (Wildman–Crippen MR) is 94.2 cm³/mol. The van der Waals surface area contributed by atoms with Crippen molar-refractivity contribution in [2.45, 2.75) is 46.1 Å². The highest BCUT2D eigenvalue weighted by Gasteiger charge is 2.26. The molecule has 5 nitrogen and oxygen atoms in total. The largest absolute Gasteiger partial charge is 0.300 e. The smallest absolute Gasteiger partial charge is 0.262 e. The van der Waals surface area contributed by atoms with E-state index < -0.39 is 0 Å². The van der Waals surface area contributed by atoms with E-state index in [0.29, 0.717) is 17.8 Å². The van der Waals surface area contributed by atoms with Gasteiger partial charge in [-0.3, -0.25) is 18.9 Å². The molecule has 2 aromatic rings. The Morgan fingerprint density at radius 3 is 2.75 bits per heavy atom. The Balaban J connectivity index is 1.87. The normalized spacial score (nSPS) is 19.1. The van der Waals surface area contributed by atoms with Crippen LogP contribution in [0.1, 0.15) is 45.2 Å². The van der Waals surface area contributed by atoms with Gasteiger partial charge in [0.25, 0.3) is 5.56 Å². The number of nitrogens with zero attached hydrogens (tertiary/aromatic N) is 3. The number of rotatable bonds is 3. The fourth-order valence-corrected chi connectivity index (χ4v) is 3.24. The molecule has 0 aromatic carbocycles. The SMILES string of the molecule is CC(=O)C1CCN(Cc2cnc3cc(C(C)(C)C)ccn3c2=O)C1. The minimum absolute atomic E-state index is 0.0215. The van der Waals surface area contributed by atoms with E-state index >= 15 is 0 Å². The van der Waals surface area contributed by atoms with Crippen LogP contribution in [0.15, 0.2) is 29.3 Å². The van der Waals surface area contributed by atoms with Crippen molar-refractivity contribution >= 4 is 11.4 Å². The molecule has 128 valence electrons. The van der Waals surface area contributed by atoms with E-state index in [-0.39, 0.29) is 22.7 Å². The number of carbonyl (C=O) groups is 1. The lowest BCUT2D eigenvalue weighted by Crippen LogP contribution is -2.28. The van der Waals surface area contributed by atoms with Gasteiger partial charge >= 0.3 is 0 Å². The van der Waals surface area contributed by atoms with Crippen LogP contribution in [0.4, 0.5) is 0 Å². The van der Waals surface area contributed by atoms with Crippen molar-refractivity contribution in [2.24, 2.45) is 5.92 Å². The summed E-state index contributed by atoms with van der Waals surface area (Å²) in [5.74, 6) is 0.344. The van der Waals surface area contributed by atoms with Crippen molar-refractivity contribution in [1.82, 2.24) is 14.3 Å². The average Bonchev–Trinajstić information content (AvgIpc) is 2.98. The molecule has 1 atom stereocenters. The number of carbonyl (C=O) groups excluding carboxylic acids is 1. The second kappa shape index (κ2) is 6.13. The quantitative estimate of drug-likeness (QED) is 0.869. The molecule has 1 unspecified atom stereocenters. The summed E-state index contributed by atoms with van der Waals surface area (Å²) in [6.45, 7) is 10.2. The molecule has 0 saturated carbocycles. The Morgan fingerprint density at radius 1 is 1.38 bits per heavy atom. The first kappa shape index (κ1) is 16.8. The van der Waals surface area contributed by atoms with E-state index in [1.807, 2.05) is 18.3 Å². The Kier molecular flexibility index (Phi) is 4.30. The first-order valence-corrected chi connectivity index (χ1v) is 8.49. The lowest BCUT2D eigenvalue weighted by Gasteiger charge is -2.19. The van der Waals surface area contributed by atoms with Gasteiger partial charge in [0, 0.05) is 31.4 Å². The highest BCUT2D eigenvalue weighted by molar-refractivity contribution is 5.78. The van der Waals surface area contributed by atoms with E-state index in [1.165, 1.54) is 0 Å². The third-order valence-corrected chi connectivity index (χ3v) is 4.89. The van der Waals surface area contributed by atoms with Gasteiger partial charge < -0.3 is 0 Å². The van der Waals surface area contributed by atoms with E-state index in [2.05, 4.69) is 30.7 Å². The van der Waals surface area contributed by atoms with E-state index in [4.69, 9.17) is 0 Å². The maximum atomic E-state index is 12.7. The molecule has 1 saturated heterocycles. The van der Waals surface area contributed by atoms with Crippen LogP contribution < -0.4 is 5.56 Å². The van der Waals surface area contributed by atoms with Crippen molar-refractivity contribution < 1.29 is 4.79 Å². The molecule has 1 aliphatic rings. The third kappa shape index (κ3) is 3.26. The average molecular weight is 327 g/mol. The van der Waals surface area contributed by atoms with Gasteiger partial charge in [-0.1, -0.05) is 20.8 Å². The van der Waals surface area contributed by atoms with Gasteiger partial charge in [-0.2, -0.15) is 0 Å². The number of fused-ring (bicyclic) bond motifs is 1. The Labute approximate surface area is 142 Å². The summed E-state index contributed by atoms with van der Waals surface area (Å²) in [7, 11) is 0. The minimum Gasteiger partial charge on any atom is -0.300 e. The molecular weight excluding hydrogens is 302 g/mol. The second-order valence-electron chi connectivity index (χ2n) is 7.81. The van der Waals surface area contributed by atoms with Crippen LogP contribution in [0, 0.1) is 5.92 Å². The number of hydrogen-bond donors (Lipinski definition) is 0. The van der Waals surface area contributed by atoms with E-state index in [9.17, 15) is 9.59 Å². The summed E-state index contributed by atoms with van der Waals surface area (Å²) < 4.78 is 1.61. The van der Waals surface area contributed by atoms with Crippen molar-refractivity contribution in [1.29, 1.82) is 0 Å². The zero-order valence-corrected chi connectivity index (χ0v) is 14.9. The molecule has 3 rings (SSSR count). The molecule has 0 spiro atoms. The van der Waals surface area contributed by atoms with Crippen molar-refractivity contribution in [3.63, 3.8) is 0 Å². The van der Waals surface area contributed by atoms with Crippen LogP contribution in [0.3, 0.4) is 0 Å². The van der Waals surface area contributed by atoms with Crippen LogP contribution >= 0.6 is 0 Å². The molecule has 0 N–H and O–H groups in total. The van der Waals surface area contributed by atoms with E-state index in [1.54, 1.807) is 17.5 Å². The highest BCUT2D eigenvalue weighted by atomic mass is 16.1. The Hall–Kier alpha value is -2.01. The van der Waals surface area contributed by atoms with Gasteiger partial charge in [0.2, 0.25) is 0 Å². The molecular formula is C19H25N3O2. The molecule has 0 amide bonds. The van der Waals surface area contributed by atoms with Gasteiger partial charge in [0.1, 0.15) is 11.4 Å². The lowest BCUT2D eigenvalue weighted by atomic mass is 9.88. The first-order valence-electron chi connectivity index (χ1n) is 8.49. The van der Waals surface area contributed by atoms with Crippen LogP contribution in [0.5, 0.6) is 0 Å². The Bertz CT molecular complexity index is 833. The monoisotopic (exact) mass is 327 g/mol. The second-order valence-corrected chi connectivity index (χ2v) is 7.81. The molecule has 24 heavy (non-hydrogen) atoms. The van der Waals surface area contributed by atoms with Crippen molar-refractivity contribution in [3.05, 3.63) is 46.0 Å². The van der Waals surface area contributed by atoms with Gasteiger partial charge in [-0.05, 0) is 43.0 Å². The van der Waals surface area contributed by atoms with Crippen LogP contribution in [-0.4, -0.2) is 33.2 Å². The summed E-state index contributed by atoms with van der Waals surface area (Å²) in [5.41, 5.74) is 2.52. The molecule has 0 aliphatic carbocycles. The van der Waals surface area contributed by atoms with Gasteiger partial charge in [0.05, 0.1) is 5.56 Å². The van der Waals surface area contributed by atoms with Crippen LogP contribution in [0.25, 0.3) is 5.65 Å². The number of ketones is 1. The topological polar surface area (TPSA) is 54.7 Å². The van der Waals surface area contributed by atoms with Crippen molar-refractivity contribution in [3.8, 4) is 0 Å². The highest BCUT2D eigenvalue weighted by Crippen LogP contribution is 2.22.